The fourth-order valence-electron chi connectivity index (χ4n) is 1.60. The molecule has 0 aliphatic heterocycles. The molecule has 1 rings (SSSR count). The van der Waals surface area contributed by atoms with Crippen LogP contribution >= 0.6 is 0 Å². The Morgan fingerprint density at radius 3 is 2.30 bits per heavy atom. The lowest BCUT2D eigenvalue weighted by Crippen LogP contribution is -2.27. The molecular weight excluding hydrogens is 278 g/mol. The van der Waals surface area contributed by atoms with Gasteiger partial charge in [0.15, 0.2) is 0 Å². The van der Waals surface area contributed by atoms with Gasteiger partial charge in [-0.2, -0.15) is 0 Å². The van der Waals surface area contributed by atoms with E-state index in [1.807, 2.05) is 14.1 Å². The van der Waals surface area contributed by atoms with Gasteiger partial charge in [0.1, 0.15) is 0 Å². The molecule has 0 aliphatic carbocycles. The summed E-state index contributed by atoms with van der Waals surface area (Å²) in [7, 11) is 0.672. The molecule has 0 saturated heterocycles. The summed E-state index contributed by atoms with van der Waals surface area (Å²) in [6.45, 7) is 1.53. The van der Waals surface area contributed by atoms with Crippen LogP contribution in [0.5, 0.6) is 0 Å². The molecule has 20 heavy (non-hydrogen) atoms. The maximum atomic E-state index is 11.8. The highest BCUT2D eigenvalue weighted by Crippen LogP contribution is 2.10. The highest BCUT2D eigenvalue weighted by Gasteiger charge is 2.06. The minimum Gasteiger partial charge on any atom is -0.352 e. The van der Waals surface area contributed by atoms with Crippen LogP contribution < -0.4 is 10.0 Å². The van der Waals surface area contributed by atoms with Gasteiger partial charge < -0.3 is 10.2 Å². The van der Waals surface area contributed by atoms with Crippen molar-refractivity contribution in [3.8, 4) is 0 Å². The van der Waals surface area contributed by atoms with Gasteiger partial charge in [0.25, 0.3) is 5.91 Å². The molecule has 0 fully saturated rings. The zero-order valence-electron chi connectivity index (χ0n) is 12.0. The van der Waals surface area contributed by atoms with E-state index in [2.05, 4.69) is 14.9 Å². The minimum atomic E-state index is -3.29. The molecule has 0 spiro atoms. The van der Waals surface area contributed by atoms with E-state index in [1.165, 1.54) is 0 Å². The number of hydrogen-bond acceptors (Lipinski definition) is 4. The predicted octanol–water partition coefficient (Wildman–Crippen LogP) is 0.740. The second-order valence-corrected chi connectivity index (χ2v) is 6.61. The van der Waals surface area contributed by atoms with Crippen LogP contribution in [0.15, 0.2) is 24.3 Å². The Morgan fingerprint density at radius 2 is 1.80 bits per heavy atom. The molecule has 0 atom stereocenters. The normalized spacial score (nSPS) is 11.4. The number of carbonyl (C=O) groups excluding carboxylic acids is 1. The minimum absolute atomic E-state index is 0.158. The van der Waals surface area contributed by atoms with Crippen LogP contribution in [0.25, 0.3) is 0 Å². The fraction of sp³-hybridized carbons (Fsp3) is 0.462. The summed E-state index contributed by atoms with van der Waals surface area (Å²) in [4.78, 5) is 13.9. The molecule has 7 heteroatoms. The third kappa shape index (κ3) is 6.53. The molecule has 0 unspecified atom stereocenters. The summed E-state index contributed by atoms with van der Waals surface area (Å²) >= 11 is 0. The van der Waals surface area contributed by atoms with Gasteiger partial charge in [0, 0.05) is 17.8 Å². The number of benzene rings is 1. The van der Waals surface area contributed by atoms with Gasteiger partial charge >= 0.3 is 0 Å². The maximum Gasteiger partial charge on any atom is 0.251 e. The van der Waals surface area contributed by atoms with Crippen LogP contribution in [0.4, 0.5) is 5.69 Å². The van der Waals surface area contributed by atoms with E-state index in [4.69, 9.17) is 0 Å². The Labute approximate surface area is 120 Å². The number of anilines is 1. The van der Waals surface area contributed by atoms with Crippen molar-refractivity contribution < 1.29 is 13.2 Å². The summed E-state index contributed by atoms with van der Waals surface area (Å²) in [5, 5.41) is 2.82. The van der Waals surface area contributed by atoms with Gasteiger partial charge in [-0.1, -0.05) is 0 Å². The van der Waals surface area contributed by atoms with E-state index in [1.54, 1.807) is 24.3 Å². The quantitative estimate of drug-likeness (QED) is 0.728. The van der Waals surface area contributed by atoms with Crippen LogP contribution in [0, 0.1) is 0 Å². The molecule has 6 nitrogen and oxygen atoms in total. The molecule has 2 N–H and O–H groups in total. The van der Waals surface area contributed by atoms with Crippen molar-refractivity contribution in [3.05, 3.63) is 29.8 Å². The van der Waals surface area contributed by atoms with Crippen molar-refractivity contribution in [2.24, 2.45) is 0 Å². The van der Waals surface area contributed by atoms with E-state index in [0.29, 0.717) is 17.8 Å². The first-order valence-electron chi connectivity index (χ1n) is 6.29. The van der Waals surface area contributed by atoms with E-state index < -0.39 is 10.0 Å². The lowest BCUT2D eigenvalue weighted by Gasteiger charge is -2.10. The third-order valence-electron chi connectivity index (χ3n) is 2.52. The fourth-order valence-corrected chi connectivity index (χ4v) is 2.17. The standard InChI is InChI=1S/C13H21N3O3S/c1-16(2)10-4-9-14-13(17)11-5-7-12(8-6-11)15-20(3,18)19/h5-8,15H,4,9-10H2,1-3H3,(H,14,17). The van der Waals surface area contributed by atoms with E-state index in [-0.39, 0.29) is 5.91 Å². The lowest BCUT2D eigenvalue weighted by molar-refractivity contribution is 0.0952. The smallest absolute Gasteiger partial charge is 0.251 e. The Kier molecular flexibility index (Phi) is 5.97. The van der Waals surface area contributed by atoms with Gasteiger partial charge in [-0.15, -0.1) is 0 Å². The first-order valence-corrected chi connectivity index (χ1v) is 8.18. The Bertz CT molecular complexity index is 538. The van der Waals surface area contributed by atoms with Crippen molar-refractivity contribution >= 4 is 21.6 Å². The summed E-state index contributed by atoms with van der Waals surface area (Å²) < 4.78 is 24.5. The second kappa shape index (κ2) is 7.25. The van der Waals surface area contributed by atoms with Crippen LogP contribution in [-0.2, 0) is 10.0 Å². The van der Waals surface area contributed by atoms with E-state index in [9.17, 15) is 13.2 Å². The number of rotatable bonds is 7. The van der Waals surface area contributed by atoms with Crippen molar-refractivity contribution in [1.29, 1.82) is 0 Å². The average molecular weight is 299 g/mol. The lowest BCUT2D eigenvalue weighted by atomic mass is 10.2. The van der Waals surface area contributed by atoms with Crippen molar-refractivity contribution in [3.63, 3.8) is 0 Å². The molecule has 0 aliphatic rings. The van der Waals surface area contributed by atoms with E-state index >= 15 is 0 Å². The number of carbonyl (C=O) groups is 1. The Balaban J connectivity index is 2.49. The number of nitrogens with one attached hydrogen (secondary N) is 2. The Morgan fingerprint density at radius 1 is 1.20 bits per heavy atom. The Hall–Kier alpha value is -1.60. The molecule has 0 bridgehead atoms. The average Bonchev–Trinajstić information content (AvgIpc) is 2.33. The molecule has 1 aromatic carbocycles. The molecule has 0 radical (unpaired) electrons. The highest BCUT2D eigenvalue weighted by atomic mass is 32.2. The van der Waals surface area contributed by atoms with Crippen molar-refractivity contribution in [2.75, 3.05) is 38.2 Å². The number of sulfonamides is 1. The molecule has 1 aromatic rings. The molecule has 0 aromatic heterocycles. The van der Waals surface area contributed by atoms with Crippen LogP contribution in [-0.4, -0.2) is 52.7 Å². The first-order chi connectivity index (χ1) is 9.28. The second-order valence-electron chi connectivity index (χ2n) is 4.86. The van der Waals surface area contributed by atoms with Gasteiger partial charge in [0.2, 0.25) is 10.0 Å². The molecule has 112 valence electrons. The van der Waals surface area contributed by atoms with E-state index in [0.717, 1.165) is 19.2 Å². The number of nitrogens with zero attached hydrogens (tertiary/aromatic N) is 1. The van der Waals surface area contributed by atoms with Crippen molar-refractivity contribution in [2.45, 2.75) is 6.42 Å². The summed E-state index contributed by atoms with van der Waals surface area (Å²) in [6, 6.07) is 6.31. The SMILES string of the molecule is CN(C)CCCNC(=O)c1ccc(NS(C)(=O)=O)cc1. The highest BCUT2D eigenvalue weighted by molar-refractivity contribution is 7.92. The van der Waals surface area contributed by atoms with Gasteiger partial charge in [-0.25, -0.2) is 8.42 Å². The summed E-state index contributed by atoms with van der Waals surface area (Å²) in [5.41, 5.74) is 0.950. The van der Waals surface area contributed by atoms with Crippen LogP contribution in [0.3, 0.4) is 0 Å². The molecular formula is C13H21N3O3S. The number of hydrogen-bond donors (Lipinski definition) is 2. The zero-order valence-corrected chi connectivity index (χ0v) is 12.8. The third-order valence-corrected chi connectivity index (χ3v) is 3.12. The summed E-state index contributed by atoms with van der Waals surface area (Å²) in [5.74, 6) is -0.158. The zero-order chi connectivity index (χ0) is 15.2. The molecule has 0 saturated carbocycles. The number of amides is 1. The van der Waals surface area contributed by atoms with Crippen LogP contribution in [0.1, 0.15) is 16.8 Å². The molecule has 0 heterocycles. The monoisotopic (exact) mass is 299 g/mol. The predicted molar refractivity (Wildman–Crippen MR) is 80.4 cm³/mol. The largest absolute Gasteiger partial charge is 0.352 e. The summed E-state index contributed by atoms with van der Waals surface area (Å²) in [6.07, 6.45) is 1.96. The molecule has 1 amide bonds. The van der Waals surface area contributed by atoms with Crippen molar-refractivity contribution in [1.82, 2.24) is 10.2 Å². The van der Waals surface area contributed by atoms with Gasteiger partial charge in [0.05, 0.1) is 6.26 Å². The van der Waals surface area contributed by atoms with Gasteiger partial charge in [-0.05, 0) is 51.3 Å². The first kappa shape index (κ1) is 16.5. The van der Waals surface area contributed by atoms with Crippen LogP contribution in [0.2, 0.25) is 0 Å². The maximum absolute atomic E-state index is 11.8. The van der Waals surface area contributed by atoms with Gasteiger partial charge in [-0.3, -0.25) is 9.52 Å². The topological polar surface area (TPSA) is 78.5 Å².